The molecule has 0 amide bonds. The number of carbonyl (C=O) groups excluding carboxylic acids is 2. The van der Waals surface area contributed by atoms with Crippen LogP contribution in [0.4, 0.5) is 0 Å². The summed E-state index contributed by atoms with van der Waals surface area (Å²) in [7, 11) is 0. The Bertz CT molecular complexity index is 270. The van der Waals surface area contributed by atoms with E-state index in [9.17, 15) is 9.59 Å². The quantitative estimate of drug-likeness (QED) is 0.409. The van der Waals surface area contributed by atoms with Crippen LogP contribution in [0.2, 0.25) is 0 Å². The van der Waals surface area contributed by atoms with Crippen LogP contribution in [0.25, 0.3) is 0 Å². The van der Waals surface area contributed by atoms with Gasteiger partial charge in [-0.05, 0) is 32.6 Å². The first-order valence-electron chi connectivity index (χ1n) is 6.02. The topological polar surface area (TPSA) is 43.4 Å². The van der Waals surface area contributed by atoms with E-state index < -0.39 is 5.92 Å². The number of hydrogen-bond donors (Lipinski definition) is 0. The molecule has 0 bridgehead atoms. The SMILES string of the molecule is C=CCC[C@@H]1CCC[C@H](C(=O)OCC)C1=O. The molecule has 0 aromatic rings. The van der Waals surface area contributed by atoms with Gasteiger partial charge >= 0.3 is 5.97 Å². The minimum atomic E-state index is -0.511. The Hall–Kier alpha value is -1.12. The van der Waals surface area contributed by atoms with Crippen LogP contribution in [-0.4, -0.2) is 18.4 Å². The minimum Gasteiger partial charge on any atom is -0.465 e. The maximum Gasteiger partial charge on any atom is 0.316 e. The predicted octanol–water partition coefficient (Wildman–Crippen LogP) is 2.50. The van der Waals surface area contributed by atoms with Gasteiger partial charge in [-0.15, -0.1) is 6.58 Å². The van der Waals surface area contributed by atoms with Crippen LogP contribution < -0.4 is 0 Å². The third-order valence-electron chi connectivity index (χ3n) is 3.08. The maximum absolute atomic E-state index is 12.0. The summed E-state index contributed by atoms with van der Waals surface area (Å²) in [5.74, 6) is -0.743. The van der Waals surface area contributed by atoms with Gasteiger partial charge in [0.2, 0.25) is 0 Å². The lowest BCUT2D eigenvalue weighted by molar-refractivity contribution is -0.154. The van der Waals surface area contributed by atoms with Crippen LogP contribution in [0.15, 0.2) is 12.7 Å². The van der Waals surface area contributed by atoms with Crippen LogP contribution >= 0.6 is 0 Å². The number of hydrogen-bond acceptors (Lipinski definition) is 3. The van der Waals surface area contributed by atoms with Gasteiger partial charge in [-0.2, -0.15) is 0 Å². The van der Waals surface area contributed by atoms with Crippen molar-refractivity contribution in [2.45, 2.75) is 39.0 Å². The largest absolute Gasteiger partial charge is 0.465 e. The van der Waals surface area contributed by atoms with Gasteiger partial charge in [-0.1, -0.05) is 12.5 Å². The van der Waals surface area contributed by atoms with Crippen molar-refractivity contribution < 1.29 is 14.3 Å². The monoisotopic (exact) mass is 224 g/mol. The van der Waals surface area contributed by atoms with E-state index in [1.807, 2.05) is 6.08 Å². The van der Waals surface area contributed by atoms with Crippen LogP contribution in [-0.2, 0) is 14.3 Å². The zero-order valence-corrected chi connectivity index (χ0v) is 9.91. The van der Waals surface area contributed by atoms with Crippen LogP contribution in [0, 0.1) is 11.8 Å². The minimum absolute atomic E-state index is 0.0288. The van der Waals surface area contributed by atoms with E-state index in [0.717, 1.165) is 25.7 Å². The van der Waals surface area contributed by atoms with Gasteiger partial charge in [0.1, 0.15) is 11.7 Å². The van der Waals surface area contributed by atoms with E-state index in [1.54, 1.807) is 6.92 Å². The van der Waals surface area contributed by atoms with Crippen molar-refractivity contribution in [3.8, 4) is 0 Å². The van der Waals surface area contributed by atoms with Gasteiger partial charge in [0.25, 0.3) is 0 Å². The van der Waals surface area contributed by atoms with E-state index in [1.165, 1.54) is 0 Å². The van der Waals surface area contributed by atoms with Crippen LogP contribution in [0.1, 0.15) is 39.0 Å². The average molecular weight is 224 g/mol. The molecule has 90 valence electrons. The number of ether oxygens (including phenoxy) is 1. The molecule has 0 N–H and O–H groups in total. The highest BCUT2D eigenvalue weighted by Crippen LogP contribution is 2.29. The second kappa shape index (κ2) is 6.46. The molecule has 0 aromatic carbocycles. The second-order valence-corrected chi connectivity index (χ2v) is 4.20. The van der Waals surface area contributed by atoms with Crippen LogP contribution in [0.3, 0.4) is 0 Å². The highest BCUT2D eigenvalue weighted by Gasteiger charge is 2.36. The number of ketones is 1. The van der Waals surface area contributed by atoms with E-state index in [2.05, 4.69) is 6.58 Å². The molecule has 3 nitrogen and oxygen atoms in total. The number of rotatable bonds is 5. The molecule has 16 heavy (non-hydrogen) atoms. The molecule has 0 radical (unpaired) electrons. The molecule has 1 aliphatic carbocycles. The fraction of sp³-hybridized carbons (Fsp3) is 0.692. The molecular formula is C13H20O3. The summed E-state index contributed by atoms with van der Waals surface area (Å²) in [6, 6.07) is 0. The normalized spacial score (nSPS) is 25.2. The van der Waals surface area contributed by atoms with Gasteiger partial charge in [-0.25, -0.2) is 0 Å². The van der Waals surface area contributed by atoms with E-state index in [0.29, 0.717) is 13.0 Å². The van der Waals surface area contributed by atoms with Crippen molar-refractivity contribution in [2.75, 3.05) is 6.61 Å². The fourth-order valence-electron chi connectivity index (χ4n) is 2.22. The third-order valence-corrected chi connectivity index (χ3v) is 3.08. The first kappa shape index (κ1) is 12.9. The van der Waals surface area contributed by atoms with Gasteiger partial charge < -0.3 is 4.74 Å². The lowest BCUT2D eigenvalue weighted by Gasteiger charge is -2.26. The molecule has 0 aromatic heterocycles. The molecule has 2 atom stereocenters. The second-order valence-electron chi connectivity index (χ2n) is 4.20. The van der Waals surface area contributed by atoms with Gasteiger partial charge in [0, 0.05) is 5.92 Å². The summed E-state index contributed by atoms with van der Waals surface area (Å²) in [4.78, 5) is 23.6. The molecule has 1 saturated carbocycles. The average Bonchev–Trinajstić information content (AvgIpc) is 2.28. The Balaban J connectivity index is 2.56. The van der Waals surface area contributed by atoms with Gasteiger partial charge in [0.15, 0.2) is 0 Å². The molecule has 3 heteroatoms. The molecule has 0 aliphatic heterocycles. The molecule has 1 aliphatic rings. The Morgan fingerprint density at radius 2 is 2.31 bits per heavy atom. The van der Waals surface area contributed by atoms with Gasteiger partial charge in [0.05, 0.1) is 6.61 Å². The molecule has 0 unspecified atom stereocenters. The van der Waals surface area contributed by atoms with Crippen LogP contribution in [0.5, 0.6) is 0 Å². The van der Waals surface area contributed by atoms with Crippen molar-refractivity contribution in [3.05, 3.63) is 12.7 Å². The maximum atomic E-state index is 12.0. The Morgan fingerprint density at radius 1 is 1.56 bits per heavy atom. The molecular weight excluding hydrogens is 204 g/mol. The molecule has 1 fully saturated rings. The van der Waals surface area contributed by atoms with Crippen molar-refractivity contribution in [1.82, 2.24) is 0 Å². The van der Waals surface area contributed by atoms with Crippen molar-refractivity contribution >= 4 is 11.8 Å². The van der Waals surface area contributed by atoms with E-state index in [4.69, 9.17) is 4.74 Å². The highest BCUT2D eigenvalue weighted by molar-refractivity contribution is 6.00. The van der Waals surface area contributed by atoms with Crippen molar-refractivity contribution in [2.24, 2.45) is 11.8 Å². The van der Waals surface area contributed by atoms with Crippen molar-refractivity contribution in [1.29, 1.82) is 0 Å². The summed E-state index contributed by atoms with van der Waals surface area (Å²) < 4.78 is 4.92. The fourth-order valence-corrected chi connectivity index (χ4v) is 2.22. The predicted molar refractivity (Wildman–Crippen MR) is 61.9 cm³/mol. The molecule has 0 spiro atoms. The third kappa shape index (κ3) is 3.19. The Labute approximate surface area is 96.9 Å². The highest BCUT2D eigenvalue weighted by atomic mass is 16.5. The van der Waals surface area contributed by atoms with Gasteiger partial charge in [-0.3, -0.25) is 9.59 Å². The van der Waals surface area contributed by atoms with E-state index >= 15 is 0 Å². The number of carbonyl (C=O) groups is 2. The Kier molecular flexibility index (Phi) is 5.23. The zero-order chi connectivity index (χ0) is 12.0. The summed E-state index contributed by atoms with van der Waals surface area (Å²) in [6.07, 6.45) is 5.98. The number of esters is 1. The first-order valence-corrected chi connectivity index (χ1v) is 6.02. The van der Waals surface area contributed by atoms with E-state index in [-0.39, 0.29) is 17.7 Å². The number of allylic oxidation sites excluding steroid dienone is 1. The summed E-state index contributed by atoms with van der Waals surface area (Å²) >= 11 is 0. The smallest absolute Gasteiger partial charge is 0.316 e. The summed E-state index contributed by atoms with van der Waals surface area (Å²) in [6.45, 7) is 5.76. The zero-order valence-electron chi connectivity index (χ0n) is 9.91. The summed E-state index contributed by atoms with van der Waals surface area (Å²) in [5, 5.41) is 0. The molecule has 1 rings (SSSR count). The lowest BCUT2D eigenvalue weighted by atomic mass is 9.78. The first-order chi connectivity index (χ1) is 7.70. The Morgan fingerprint density at radius 3 is 2.94 bits per heavy atom. The number of Topliss-reactive ketones (excluding diaryl/α,β-unsaturated/α-hetero) is 1. The molecule has 0 heterocycles. The summed E-state index contributed by atoms with van der Waals surface area (Å²) in [5.41, 5.74) is 0. The van der Waals surface area contributed by atoms with Crippen molar-refractivity contribution in [3.63, 3.8) is 0 Å². The standard InChI is InChI=1S/C13H20O3/c1-3-5-7-10-8-6-9-11(12(10)14)13(15)16-4-2/h3,10-11H,1,4-9H2,2H3/t10-,11+/m1/s1. The molecule has 0 saturated heterocycles. The lowest BCUT2D eigenvalue weighted by Crippen LogP contribution is -2.34.